The average molecular weight is 312 g/mol. The summed E-state index contributed by atoms with van der Waals surface area (Å²) in [7, 11) is 0. The average Bonchev–Trinajstić information content (AvgIpc) is 3.01. The molecule has 2 nitrogen and oxygen atoms in total. The molecule has 1 atom stereocenters. The molecule has 1 saturated heterocycles. The van der Waals surface area contributed by atoms with Gasteiger partial charge in [0.2, 0.25) is 0 Å². The van der Waals surface area contributed by atoms with E-state index < -0.39 is 0 Å². The lowest BCUT2D eigenvalue weighted by molar-refractivity contribution is 0.171. The molecule has 0 radical (unpaired) electrons. The quantitative estimate of drug-likeness (QED) is 0.364. The van der Waals surface area contributed by atoms with Crippen molar-refractivity contribution in [3.63, 3.8) is 0 Å². The second-order valence-corrected chi connectivity index (χ2v) is 7.30. The molecule has 1 fully saturated rings. The highest BCUT2D eigenvalue weighted by Crippen LogP contribution is 2.23. The summed E-state index contributed by atoms with van der Waals surface area (Å²) < 4.78 is 5.50. The smallest absolute Gasteiger partial charge is 0.0971 e. The van der Waals surface area contributed by atoms with Crippen molar-refractivity contribution < 1.29 is 4.74 Å². The van der Waals surface area contributed by atoms with E-state index in [1.165, 1.54) is 96.3 Å². The molecule has 1 unspecified atom stereocenters. The van der Waals surface area contributed by atoms with Crippen LogP contribution in [0.25, 0.3) is 0 Å². The lowest BCUT2D eigenvalue weighted by Crippen LogP contribution is -2.41. The molecule has 0 spiro atoms. The molecule has 1 aliphatic heterocycles. The van der Waals surface area contributed by atoms with Crippen molar-refractivity contribution in [1.29, 1.82) is 0 Å². The van der Waals surface area contributed by atoms with E-state index in [9.17, 15) is 0 Å². The summed E-state index contributed by atoms with van der Waals surface area (Å²) in [4.78, 5) is 0. The van der Waals surface area contributed by atoms with E-state index in [-0.39, 0.29) is 0 Å². The van der Waals surface area contributed by atoms with Gasteiger partial charge in [-0.1, -0.05) is 97.3 Å². The third-order valence-corrected chi connectivity index (χ3v) is 5.36. The molecule has 132 valence electrons. The van der Waals surface area contributed by atoms with Crippen LogP contribution in [-0.2, 0) is 4.74 Å². The highest BCUT2D eigenvalue weighted by Gasteiger charge is 2.31. The van der Waals surface area contributed by atoms with Gasteiger partial charge in [-0.2, -0.15) is 0 Å². The maximum absolute atomic E-state index is 5.50. The molecule has 1 rings (SSSR count). The van der Waals surface area contributed by atoms with E-state index in [4.69, 9.17) is 4.74 Å². The van der Waals surface area contributed by atoms with Crippen LogP contribution in [0.5, 0.6) is 0 Å². The second-order valence-electron chi connectivity index (χ2n) is 7.30. The lowest BCUT2D eigenvalue weighted by Gasteiger charge is -2.26. The summed E-state index contributed by atoms with van der Waals surface area (Å²) in [5, 5.41) is 3.54. The van der Waals surface area contributed by atoms with Crippen LogP contribution in [0.2, 0.25) is 0 Å². The van der Waals surface area contributed by atoms with E-state index in [0.717, 1.165) is 13.3 Å². The fourth-order valence-corrected chi connectivity index (χ4v) is 3.55. The van der Waals surface area contributed by atoms with Crippen molar-refractivity contribution in [2.75, 3.05) is 13.3 Å². The van der Waals surface area contributed by atoms with Crippen LogP contribution < -0.4 is 5.32 Å². The molecule has 1 N–H and O–H groups in total. The van der Waals surface area contributed by atoms with E-state index in [2.05, 4.69) is 19.2 Å². The molecular formula is C20H41NO. The third-order valence-electron chi connectivity index (χ3n) is 5.36. The summed E-state index contributed by atoms with van der Waals surface area (Å²) >= 11 is 0. The molecular weight excluding hydrogens is 270 g/mol. The second kappa shape index (κ2) is 13.4. The summed E-state index contributed by atoms with van der Waals surface area (Å²) in [5.41, 5.74) is 0.303. The molecule has 0 bridgehead atoms. The molecule has 22 heavy (non-hydrogen) atoms. The minimum absolute atomic E-state index is 0.303. The summed E-state index contributed by atoms with van der Waals surface area (Å²) in [6.07, 6.45) is 21.2. The van der Waals surface area contributed by atoms with E-state index in [1.54, 1.807) is 0 Å². The van der Waals surface area contributed by atoms with Crippen LogP contribution >= 0.6 is 0 Å². The Bertz CT molecular complexity index is 236. The Hall–Kier alpha value is -0.0800. The largest absolute Gasteiger partial charge is 0.364 e. The zero-order valence-electron chi connectivity index (χ0n) is 15.4. The highest BCUT2D eigenvalue weighted by atomic mass is 16.5. The topological polar surface area (TPSA) is 21.3 Å². The Morgan fingerprint density at radius 2 is 1.23 bits per heavy atom. The van der Waals surface area contributed by atoms with Gasteiger partial charge in [-0.15, -0.1) is 0 Å². The van der Waals surface area contributed by atoms with Crippen LogP contribution in [-0.4, -0.2) is 18.9 Å². The minimum atomic E-state index is 0.303. The van der Waals surface area contributed by atoms with Gasteiger partial charge in [0.1, 0.15) is 0 Å². The number of nitrogens with one attached hydrogen (secondary N) is 1. The standard InChI is InChI=1S/C20H41NO/c1-3-5-6-7-8-9-10-11-12-13-14-15-16-17-20(4-2)18-22-19-21-20/h21H,3-19H2,1-2H3. The zero-order chi connectivity index (χ0) is 15.9. The van der Waals surface area contributed by atoms with Gasteiger partial charge in [0, 0.05) is 5.54 Å². The van der Waals surface area contributed by atoms with Crippen LogP contribution in [0.15, 0.2) is 0 Å². The first-order valence-electron chi connectivity index (χ1n) is 10.2. The first-order chi connectivity index (χ1) is 10.8. The maximum Gasteiger partial charge on any atom is 0.0971 e. The summed E-state index contributed by atoms with van der Waals surface area (Å²) in [5.74, 6) is 0. The third kappa shape index (κ3) is 9.15. The number of rotatable bonds is 15. The first kappa shape index (κ1) is 20.0. The van der Waals surface area contributed by atoms with Gasteiger partial charge in [0.15, 0.2) is 0 Å². The summed E-state index contributed by atoms with van der Waals surface area (Å²) in [6.45, 7) is 6.25. The number of hydrogen-bond acceptors (Lipinski definition) is 2. The fraction of sp³-hybridized carbons (Fsp3) is 1.00. The van der Waals surface area contributed by atoms with Crippen molar-refractivity contribution in [2.45, 2.75) is 116 Å². The molecule has 0 amide bonds. The van der Waals surface area contributed by atoms with E-state index in [1.807, 2.05) is 0 Å². The highest BCUT2D eigenvalue weighted by molar-refractivity contribution is 4.88. The van der Waals surface area contributed by atoms with Gasteiger partial charge >= 0.3 is 0 Å². The van der Waals surface area contributed by atoms with Crippen molar-refractivity contribution in [3.8, 4) is 0 Å². The van der Waals surface area contributed by atoms with Gasteiger partial charge in [-0.3, -0.25) is 5.32 Å². The van der Waals surface area contributed by atoms with Crippen LogP contribution in [0.1, 0.15) is 110 Å². The van der Waals surface area contributed by atoms with Gasteiger partial charge in [0.25, 0.3) is 0 Å². The lowest BCUT2D eigenvalue weighted by atomic mass is 9.90. The molecule has 0 aromatic heterocycles. The molecule has 1 aliphatic rings. The summed E-state index contributed by atoms with van der Waals surface area (Å²) in [6, 6.07) is 0. The Kier molecular flexibility index (Phi) is 12.1. The van der Waals surface area contributed by atoms with Crippen molar-refractivity contribution in [3.05, 3.63) is 0 Å². The molecule has 1 heterocycles. The van der Waals surface area contributed by atoms with E-state index >= 15 is 0 Å². The van der Waals surface area contributed by atoms with Crippen molar-refractivity contribution >= 4 is 0 Å². The number of unbranched alkanes of at least 4 members (excludes halogenated alkanes) is 12. The van der Waals surface area contributed by atoms with Gasteiger partial charge in [0.05, 0.1) is 13.3 Å². The van der Waals surface area contributed by atoms with Crippen molar-refractivity contribution in [2.24, 2.45) is 0 Å². The Morgan fingerprint density at radius 1 is 0.727 bits per heavy atom. The molecule has 2 heteroatoms. The molecule has 0 aliphatic carbocycles. The SMILES string of the molecule is CCCCCCCCCCCCCCCC1(CC)COCN1. The normalized spacial score (nSPS) is 21.5. The molecule has 0 saturated carbocycles. The van der Waals surface area contributed by atoms with Gasteiger partial charge < -0.3 is 4.74 Å². The monoisotopic (exact) mass is 311 g/mol. The Labute approximate surface area is 139 Å². The Balaban J connectivity index is 1.78. The first-order valence-corrected chi connectivity index (χ1v) is 10.2. The predicted molar refractivity (Wildman–Crippen MR) is 97.3 cm³/mol. The van der Waals surface area contributed by atoms with Crippen molar-refractivity contribution in [1.82, 2.24) is 5.32 Å². The van der Waals surface area contributed by atoms with Gasteiger partial charge in [-0.05, 0) is 12.8 Å². The Morgan fingerprint density at radius 3 is 1.64 bits per heavy atom. The predicted octanol–water partition coefficient (Wildman–Crippen LogP) is 6.19. The zero-order valence-corrected chi connectivity index (χ0v) is 15.4. The van der Waals surface area contributed by atoms with Crippen LogP contribution in [0, 0.1) is 0 Å². The maximum atomic E-state index is 5.50. The molecule has 0 aromatic rings. The molecule has 0 aromatic carbocycles. The van der Waals surface area contributed by atoms with E-state index in [0.29, 0.717) is 5.54 Å². The fourth-order valence-electron chi connectivity index (χ4n) is 3.55. The number of ether oxygens (including phenoxy) is 1. The number of hydrogen-bond donors (Lipinski definition) is 1. The van der Waals surface area contributed by atoms with Gasteiger partial charge in [-0.25, -0.2) is 0 Å². The van der Waals surface area contributed by atoms with Crippen LogP contribution in [0.3, 0.4) is 0 Å². The minimum Gasteiger partial charge on any atom is -0.364 e. The van der Waals surface area contributed by atoms with Crippen LogP contribution in [0.4, 0.5) is 0 Å².